The number of anilines is 1. The maximum atomic E-state index is 13.3. The van der Waals surface area contributed by atoms with Gasteiger partial charge in [0.25, 0.3) is 0 Å². The number of thioether (sulfide) groups is 1. The minimum Gasteiger partial charge on any atom is -0.400 e. The first-order valence-corrected chi connectivity index (χ1v) is 12.7. The van der Waals surface area contributed by atoms with Crippen molar-refractivity contribution in [2.75, 3.05) is 5.32 Å². The van der Waals surface area contributed by atoms with Crippen LogP contribution in [0.25, 0.3) is 15.8 Å². The number of rotatable bonds is 4. The molecule has 4 aromatic rings. The number of halogens is 1. The number of aryl methyl sites for hydroxylation is 1. The third-order valence-electron chi connectivity index (χ3n) is 5.23. The second kappa shape index (κ2) is 9.13. The number of hydrogen-bond donors (Lipinski definition) is 2. The molecule has 1 amide bonds. The molecule has 8 heteroatoms. The van der Waals surface area contributed by atoms with E-state index in [-0.39, 0.29) is 5.91 Å². The lowest BCUT2D eigenvalue weighted by atomic mass is 10.1. The van der Waals surface area contributed by atoms with Gasteiger partial charge in [-0.05, 0) is 58.7 Å². The Labute approximate surface area is 208 Å². The van der Waals surface area contributed by atoms with E-state index in [0.29, 0.717) is 16.4 Å². The van der Waals surface area contributed by atoms with E-state index in [0.717, 1.165) is 36.5 Å². The Morgan fingerprint density at radius 3 is 2.58 bits per heavy atom. The zero-order valence-electron chi connectivity index (χ0n) is 17.6. The predicted octanol–water partition coefficient (Wildman–Crippen LogP) is 6.52. The summed E-state index contributed by atoms with van der Waals surface area (Å²) in [5, 5.41) is 3.85. The third kappa shape index (κ3) is 4.34. The smallest absolute Gasteiger partial charge is 0.243 e. The van der Waals surface area contributed by atoms with E-state index < -0.39 is 5.25 Å². The maximum Gasteiger partial charge on any atom is 0.243 e. The number of benzene rings is 3. The number of nitrogens with two attached hydrogens (primary N) is 1. The van der Waals surface area contributed by atoms with Crippen molar-refractivity contribution in [3.63, 3.8) is 0 Å². The van der Waals surface area contributed by atoms with Crippen LogP contribution in [-0.4, -0.2) is 21.2 Å². The first kappa shape index (κ1) is 21.9. The molecule has 1 atom stereocenters. The van der Waals surface area contributed by atoms with E-state index in [9.17, 15) is 4.79 Å². The Hall–Kier alpha value is -2.94. The van der Waals surface area contributed by atoms with Crippen LogP contribution in [0.3, 0.4) is 0 Å². The highest BCUT2D eigenvalue weighted by molar-refractivity contribution is 9.10. The number of amides is 1. The number of thiazole rings is 1. The van der Waals surface area contributed by atoms with Crippen molar-refractivity contribution in [2.24, 2.45) is 10.7 Å². The van der Waals surface area contributed by atoms with Crippen LogP contribution in [0.2, 0.25) is 0 Å². The number of hydrogen-bond acceptors (Lipinski definition) is 6. The first-order chi connectivity index (χ1) is 16.0. The topological polar surface area (TPSA) is 80.4 Å². The molecule has 0 aliphatic carbocycles. The standard InChI is InChI=1S/C25H19BrN4OS2/c1-14-8-2-4-10-16(14)29-25-20(24-30-18-12-6-7-13-19(18)32-24)21(27)22(33-25)23(31)28-17-11-5-3-9-15(17)26/h2-13,22H,27H2,1H3,(H,28,31)/t22-/m1/s1. The fraction of sp³-hybridized carbons (Fsp3) is 0.0800. The molecule has 0 spiro atoms. The van der Waals surface area contributed by atoms with Crippen molar-refractivity contribution in [1.82, 2.24) is 4.98 Å². The quantitative estimate of drug-likeness (QED) is 0.312. The van der Waals surface area contributed by atoms with Gasteiger partial charge in [0, 0.05) is 10.2 Å². The molecule has 2 heterocycles. The Balaban J connectivity index is 1.58. The lowest BCUT2D eigenvalue weighted by molar-refractivity contribution is -0.115. The number of para-hydroxylation sites is 3. The lowest BCUT2D eigenvalue weighted by Gasteiger charge is -2.12. The summed E-state index contributed by atoms with van der Waals surface area (Å²) in [5.41, 5.74) is 11.3. The predicted molar refractivity (Wildman–Crippen MR) is 143 cm³/mol. The number of nitrogens with zero attached hydrogens (tertiary/aromatic N) is 2. The van der Waals surface area contributed by atoms with E-state index in [1.165, 1.54) is 11.8 Å². The number of aliphatic imine (C=N–C) groups is 1. The number of aromatic nitrogens is 1. The second-order valence-corrected chi connectivity index (χ2v) is 10.5. The molecule has 1 aliphatic heterocycles. The minimum absolute atomic E-state index is 0.196. The van der Waals surface area contributed by atoms with E-state index in [2.05, 4.69) is 21.2 Å². The van der Waals surface area contributed by atoms with Crippen LogP contribution >= 0.6 is 39.0 Å². The monoisotopic (exact) mass is 534 g/mol. The molecule has 0 radical (unpaired) electrons. The summed E-state index contributed by atoms with van der Waals surface area (Å²) in [6, 6.07) is 23.4. The van der Waals surface area contributed by atoms with E-state index >= 15 is 0 Å². The maximum absolute atomic E-state index is 13.3. The van der Waals surface area contributed by atoms with Crippen LogP contribution in [0.15, 0.2) is 88.0 Å². The molecule has 0 saturated heterocycles. The van der Waals surface area contributed by atoms with Crippen molar-refractivity contribution in [2.45, 2.75) is 12.2 Å². The normalized spacial score (nSPS) is 17.2. The number of nitrogens with one attached hydrogen (secondary N) is 1. The molecule has 164 valence electrons. The summed E-state index contributed by atoms with van der Waals surface area (Å²) in [6.07, 6.45) is 0. The molecule has 0 unspecified atom stereocenters. The highest BCUT2D eigenvalue weighted by Gasteiger charge is 2.37. The van der Waals surface area contributed by atoms with Gasteiger partial charge >= 0.3 is 0 Å². The molecular weight excluding hydrogens is 516 g/mol. The molecular formula is C25H19BrN4OS2. The van der Waals surface area contributed by atoms with Gasteiger partial charge in [-0.3, -0.25) is 4.79 Å². The van der Waals surface area contributed by atoms with E-state index in [4.69, 9.17) is 15.7 Å². The summed E-state index contributed by atoms with van der Waals surface area (Å²) < 4.78 is 1.87. The van der Waals surface area contributed by atoms with Gasteiger partial charge in [0.05, 0.1) is 27.2 Å². The molecule has 0 fully saturated rings. The molecule has 0 bridgehead atoms. The van der Waals surface area contributed by atoms with Gasteiger partial charge in [0.15, 0.2) is 0 Å². The van der Waals surface area contributed by atoms with Gasteiger partial charge in [-0.25, -0.2) is 9.98 Å². The fourth-order valence-electron chi connectivity index (χ4n) is 3.52. The highest BCUT2D eigenvalue weighted by Crippen LogP contribution is 2.42. The lowest BCUT2D eigenvalue weighted by Crippen LogP contribution is -2.28. The van der Waals surface area contributed by atoms with Crippen molar-refractivity contribution in [1.29, 1.82) is 0 Å². The largest absolute Gasteiger partial charge is 0.400 e. The van der Waals surface area contributed by atoms with Gasteiger partial charge in [0.1, 0.15) is 15.3 Å². The van der Waals surface area contributed by atoms with Gasteiger partial charge < -0.3 is 11.1 Å². The van der Waals surface area contributed by atoms with Gasteiger partial charge in [-0.2, -0.15) is 0 Å². The number of carbonyl (C=O) groups is 1. The Morgan fingerprint density at radius 2 is 1.79 bits per heavy atom. The zero-order valence-corrected chi connectivity index (χ0v) is 20.8. The Morgan fingerprint density at radius 1 is 1.06 bits per heavy atom. The molecule has 33 heavy (non-hydrogen) atoms. The van der Waals surface area contributed by atoms with Crippen molar-refractivity contribution in [3.05, 3.63) is 93.5 Å². The molecule has 5 rings (SSSR count). The molecule has 3 N–H and O–H groups in total. The molecule has 1 aliphatic rings. The van der Waals surface area contributed by atoms with Gasteiger partial charge in [0.2, 0.25) is 5.91 Å². The van der Waals surface area contributed by atoms with Crippen LogP contribution < -0.4 is 11.1 Å². The van der Waals surface area contributed by atoms with Crippen molar-refractivity contribution in [3.8, 4) is 0 Å². The average molecular weight is 535 g/mol. The van der Waals surface area contributed by atoms with Crippen LogP contribution in [0.5, 0.6) is 0 Å². The van der Waals surface area contributed by atoms with Crippen LogP contribution in [0.1, 0.15) is 10.6 Å². The average Bonchev–Trinajstić information content (AvgIpc) is 3.37. The van der Waals surface area contributed by atoms with Crippen molar-refractivity contribution >= 4 is 77.1 Å². The number of fused-ring (bicyclic) bond motifs is 1. The van der Waals surface area contributed by atoms with E-state index in [1.54, 1.807) is 11.3 Å². The molecule has 0 saturated carbocycles. The zero-order chi connectivity index (χ0) is 22.9. The van der Waals surface area contributed by atoms with Crippen molar-refractivity contribution < 1.29 is 4.79 Å². The second-order valence-electron chi connectivity index (χ2n) is 7.49. The fourth-order valence-corrected chi connectivity index (χ4v) is 6.12. The van der Waals surface area contributed by atoms with Gasteiger partial charge in [-0.15, -0.1) is 11.3 Å². The summed E-state index contributed by atoms with van der Waals surface area (Å²) >= 11 is 6.40. The third-order valence-corrected chi connectivity index (χ3v) is 8.20. The molecule has 3 aromatic carbocycles. The number of carbonyl (C=O) groups excluding carboxylic acids is 1. The summed E-state index contributed by atoms with van der Waals surface area (Å²) in [7, 11) is 0. The van der Waals surface area contributed by atoms with E-state index in [1.807, 2.05) is 79.7 Å². The van der Waals surface area contributed by atoms with Crippen LogP contribution in [0, 0.1) is 6.92 Å². The summed E-state index contributed by atoms with van der Waals surface area (Å²) in [5.74, 6) is -0.196. The minimum atomic E-state index is -0.609. The molecule has 5 nitrogen and oxygen atoms in total. The van der Waals surface area contributed by atoms with Gasteiger partial charge in [-0.1, -0.05) is 54.2 Å². The molecule has 1 aromatic heterocycles. The van der Waals surface area contributed by atoms with Crippen LogP contribution in [-0.2, 0) is 4.79 Å². The highest BCUT2D eigenvalue weighted by atomic mass is 79.9. The SMILES string of the molecule is Cc1ccccc1N=C1S[C@@H](C(=O)Nc2ccccc2Br)C(N)=C1c1nc2ccccc2s1. The summed E-state index contributed by atoms with van der Waals surface area (Å²) in [4.78, 5) is 23.0. The summed E-state index contributed by atoms with van der Waals surface area (Å²) in [6.45, 7) is 2.01. The Bertz CT molecular complexity index is 1410. The Kier molecular flexibility index (Phi) is 6.05. The first-order valence-electron chi connectivity index (χ1n) is 10.2. The van der Waals surface area contributed by atoms with Crippen LogP contribution in [0.4, 0.5) is 11.4 Å².